The number of methoxy groups -OCH3 is 1. The number of nitrogens with one attached hydrogen (secondary N) is 2. The summed E-state index contributed by atoms with van der Waals surface area (Å²) >= 11 is 0. The van der Waals surface area contributed by atoms with Crippen molar-refractivity contribution in [2.24, 2.45) is 0 Å². The molecule has 1 aromatic heterocycles. The molecule has 0 bridgehead atoms. The van der Waals surface area contributed by atoms with Crippen molar-refractivity contribution in [3.05, 3.63) is 84.2 Å². The van der Waals surface area contributed by atoms with E-state index in [0.29, 0.717) is 22.7 Å². The van der Waals surface area contributed by atoms with Crippen LogP contribution in [-0.2, 0) is 11.3 Å². The quantitative estimate of drug-likeness (QED) is 0.616. The van der Waals surface area contributed by atoms with Crippen LogP contribution in [0.2, 0.25) is 0 Å². The van der Waals surface area contributed by atoms with Gasteiger partial charge in [-0.15, -0.1) is 0 Å². The van der Waals surface area contributed by atoms with Crippen molar-refractivity contribution < 1.29 is 19.1 Å². The topological polar surface area (TPSA) is 89.5 Å². The van der Waals surface area contributed by atoms with Gasteiger partial charge in [0, 0.05) is 24.6 Å². The molecule has 3 rings (SSSR count). The van der Waals surface area contributed by atoms with E-state index in [1.807, 2.05) is 24.3 Å². The van der Waals surface area contributed by atoms with Gasteiger partial charge in [0.1, 0.15) is 0 Å². The number of carbonyl (C=O) groups is 2. The molecule has 0 saturated heterocycles. The highest BCUT2D eigenvalue weighted by Crippen LogP contribution is 2.25. The molecule has 0 aliphatic rings. The van der Waals surface area contributed by atoms with Crippen LogP contribution in [0.15, 0.2) is 73.1 Å². The number of aromatic nitrogens is 1. The molecule has 0 fully saturated rings. The van der Waals surface area contributed by atoms with Gasteiger partial charge >= 0.3 is 0 Å². The van der Waals surface area contributed by atoms with Crippen LogP contribution in [0.1, 0.15) is 15.9 Å². The van der Waals surface area contributed by atoms with Crippen LogP contribution in [0.5, 0.6) is 11.5 Å². The summed E-state index contributed by atoms with van der Waals surface area (Å²) in [4.78, 5) is 28.5. The summed E-state index contributed by atoms with van der Waals surface area (Å²) in [5, 5.41) is 5.64. The number of amides is 2. The summed E-state index contributed by atoms with van der Waals surface area (Å²) in [6.07, 6.45) is 3.10. The summed E-state index contributed by atoms with van der Waals surface area (Å²) in [5.41, 5.74) is 1.85. The van der Waals surface area contributed by atoms with E-state index < -0.39 is 0 Å². The number of pyridine rings is 1. The van der Waals surface area contributed by atoms with Gasteiger partial charge in [-0.25, -0.2) is 0 Å². The smallest absolute Gasteiger partial charge is 0.258 e. The summed E-state index contributed by atoms with van der Waals surface area (Å²) < 4.78 is 10.7. The largest absolute Gasteiger partial charge is 0.493 e. The highest BCUT2D eigenvalue weighted by atomic mass is 16.5. The SMILES string of the molecule is COc1ccccc1OCC(=O)NCc1ccccc1NC(=O)c1cccnc1. The Morgan fingerprint density at radius 1 is 0.966 bits per heavy atom. The predicted molar refractivity (Wildman–Crippen MR) is 109 cm³/mol. The zero-order valence-corrected chi connectivity index (χ0v) is 15.9. The van der Waals surface area contributed by atoms with Crippen molar-refractivity contribution in [3.8, 4) is 11.5 Å². The molecule has 0 atom stereocenters. The molecule has 0 radical (unpaired) electrons. The molecule has 0 aliphatic carbocycles. The fourth-order valence-corrected chi connectivity index (χ4v) is 2.61. The number of nitrogens with zero attached hydrogens (tertiary/aromatic N) is 1. The summed E-state index contributed by atoms with van der Waals surface area (Å²) in [6, 6.07) is 17.8. The molecule has 0 spiro atoms. The third-order valence-electron chi connectivity index (χ3n) is 4.09. The first-order chi connectivity index (χ1) is 14.2. The lowest BCUT2D eigenvalue weighted by molar-refractivity contribution is -0.123. The van der Waals surface area contributed by atoms with Gasteiger partial charge in [0.15, 0.2) is 18.1 Å². The fraction of sp³-hybridized carbons (Fsp3) is 0.136. The fourth-order valence-electron chi connectivity index (χ4n) is 2.61. The Morgan fingerprint density at radius 3 is 2.48 bits per heavy atom. The molecule has 2 aromatic carbocycles. The lowest BCUT2D eigenvalue weighted by atomic mass is 10.1. The van der Waals surface area contributed by atoms with Crippen molar-refractivity contribution in [2.45, 2.75) is 6.54 Å². The van der Waals surface area contributed by atoms with Gasteiger partial charge in [0.2, 0.25) is 0 Å². The number of para-hydroxylation sites is 3. The Hall–Kier alpha value is -3.87. The van der Waals surface area contributed by atoms with Crippen LogP contribution in [0.4, 0.5) is 5.69 Å². The number of hydrogen-bond acceptors (Lipinski definition) is 5. The second-order valence-corrected chi connectivity index (χ2v) is 6.07. The van der Waals surface area contributed by atoms with Crippen LogP contribution in [0.25, 0.3) is 0 Å². The molecule has 3 aromatic rings. The number of ether oxygens (including phenoxy) is 2. The van der Waals surface area contributed by atoms with Crippen molar-refractivity contribution >= 4 is 17.5 Å². The van der Waals surface area contributed by atoms with E-state index >= 15 is 0 Å². The average Bonchev–Trinajstić information content (AvgIpc) is 2.77. The molecule has 2 amide bonds. The van der Waals surface area contributed by atoms with E-state index in [0.717, 1.165) is 5.56 Å². The average molecular weight is 391 g/mol. The van der Waals surface area contributed by atoms with Crippen LogP contribution < -0.4 is 20.1 Å². The Balaban J connectivity index is 1.56. The molecule has 7 heteroatoms. The maximum absolute atomic E-state index is 12.4. The van der Waals surface area contributed by atoms with E-state index in [9.17, 15) is 9.59 Å². The van der Waals surface area contributed by atoms with E-state index in [1.54, 1.807) is 49.7 Å². The molecule has 0 unspecified atom stereocenters. The summed E-state index contributed by atoms with van der Waals surface area (Å²) in [5.74, 6) is 0.499. The van der Waals surface area contributed by atoms with Crippen LogP contribution in [0, 0.1) is 0 Å². The second-order valence-electron chi connectivity index (χ2n) is 6.07. The van der Waals surface area contributed by atoms with Gasteiger partial charge in [0.05, 0.1) is 12.7 Å². The van der Waals surface area contributed by atoms with Gasteiger partial charge in [-0.1, -0.05) is 30.3 Å². The lowest BCUT2D eigenvalue weighted by Gasteiger charge is -2.13. The van der Waals surface area contributed by atoms with Gasteiger partial charge in [-0.3, -0.25) is 14.6 Å². The third-order valence-corrected chi connectivity index (χ3v) is 4.09. The van der Waals surface area contributed by atoms with Gasteiger partial charge in [-0.05, 0) is 35.9 Å². The monoisotopic (exact) mass is 391 g/mol. The normalized spacial score (nSPS) is 10.1. The maximum Gasteiger partial charge on any atom is 0.258 e. The maximum atomic E-state index is 12.4. The molecule has 0 saturated carbocycles. The molecular formula is C22H21N3O4. The van der Waals surface area contributed by atoms with Gasteiger partial charge < -0.3 is 20.1 Å². The molecular weight excluding hydrogens is 370 g/mol. The highest BCUT2D eigenvalue weighted by Gasteiger charge is 2.11. The predicted octanol–water partition coefficient (Wildman–Crippen LogP) is 3.04. The van der Waals surface area contributed by atoms with E-state index in [1.165, 1.54) is 6.20 Å². The number of anilines is 1. The van der Waals surface area contributed by atoms with Crippen LogP contribution >= 0.6 is 0 Å². The summed E-state index contributed by atoms with van der Waals surface area (Å²) in [6.45, 7) is 0.0994. The molecule has 0 aliphatic heterocycles. The van der Waals surface area contributed by atoms with Crippen molar-refractivity contribution in [1.82, 2.24) is 10.3 Å². The standard InChI is InChI=1S/C22H21N3O4/c1-28-19-10-4-5-11-20(19)29-15-21(26)24-14-16-7-2-3-9-18(16)25-22(27)17-8-6-12-23-13-17/h2-13H,14-15H2,1H3,(H,24,26)(H,25,27). The first-order valence-corrected chi connectivity index (χ1v) is 8.99. The minimum atomic E-state index is -0.288. The van der Waals surface area contributed by atoms with Crippen molar-refractivity contribution in [1.29, 1.82) is 0 Å². The Labute approximate surface area is 168 Å². The number of carbonyl (C=O) groups excluding carboxylic acids is 2. The molecule has 7 nitrogen and oxygen atoms in total. The van der Waals surface area contributed by atoms with Gasteiger partial charge in [0.25, 0.3) is 11.8 Å². The third kappa shape index (κ3) is 5.55. The molecule has 1 heterocycles. The lowest BCUT2D eigenvalue weighted by Crippen LogP contribution is -2.29. The first kappa shape index (κ1) is 19.9. The van der Waals surface area contributed by atoms with E-state index in [-0.39, 0.29) is 25.0 Å². The Kier molecular flexibility index (Phi) is 6.78. The number of benzene rings is 2. The molecule has 2 N–H and O–H groups in total. The zero-order valence-electron chi connectivity index (χ0n) is 15.9. The summed E-state index contributed by atoms with van der Waals surface area (Å²) in [7, 11) is 1.54. The van der Waals surface area contributed by atoms with Gasteiger partial charge in [-0.2, -0.15) is 0 Å². The molecule has 29 heavy (non-hydrogen) atoms. The number of hydrogen-bond donors (Lipinski definition) is 2. The Morgan fingerprint density at radius 2 is 1.72 bits per heavy atom. The van der Waals surface area contributed by atoms with Crippen LogP contribution in [0.3, 0.4) is 0 Å². The van der Waals surface area contributed by atoms with Crippen LogP contribution in [-0.4, -0.2) is 30.5 Å². The van der Waals surface area contributed by atoms with Crippen molar-refractivity contribution in [3.63, 3.8) is 0 Å². The zero-order chi connectivity index (χ0) is 20.5. The minimum absolute atomic E-state index is 0.148. The second kappa shape index (κ2) is 9.89. The number of rotatable bonds is 8. The Bertz CT molecular complexity index is 977. The van der Waals surface area contributed by atoms with E-state index in [2.05, 4.69) is 15.6 Å². The molecule has 148 valence electrons. The minimum Gasteiger partial charge on any atom is -0.493 e. The highest BCUT2D eigenvalue weighted by molar-refractivity contribution is 6.04. The first-order valence-electron chi connectivity index (χ1n) is 8.99. The van der Waals surface area contributed by atoms with E-state index in [4.69, 9.17) is 9.47 Å². The van der Waals surface area contributed by atoms with Crippen molar-refractivity contribution in [2.75, 3.05) is 19.0 Å².